The predicted molar refractivity (Wildman–Crippen MR) is 97.3 cm³/mol. The van der Waals surface area contributed by atoms with Crippen molar-refractivity contribution in [2.24, 2.45) is 0 Å². The van der Waals surface area contributed by atoms with Crippen LogP contribution in [0.2, 0.25) is 0 Å². The smallest absolute Gasteiger partial charge is 0.314 e. The first-order valence-corrected chi connectivity index (χ1v) is 8.44. The zero-order chi connectivity index (χ0) is 18.2. The zero-order valence-electron chi connectivity index (χ0n) is 14.6. The summed E-state index contributed by atoms with van der Waals surface area (Å²) >= 11 is 0. The Hall–Kier alpha value is -3.01. The number of nitrogens with one attached hydrogen (secondary N) is 2. The summed E-state index contributed by atoms with van der Waals surface area (Å²) < 4.78 is 1.58. The van der Waals surface area contributed by atoms with E-state index in [0.29, 0.717) is 36.5 Å². The van der Waals surface area contributed by atoms with E-state index in [9.17, 15) is 10.1 Å². The first-order valence-electron chi connectivity index (χ1n) is 8.44. The van der Waals surface area contributed by atoms with Crippen LogP contribution in [0.15, 0.2) is 30.3 Å². The molecule has 0 radical (unpaired) electrons. The van der Waals surface area contributed by atoms with Gasteiger partial charge < -0.3 is 16.4 Å². The van der Waals surface area contributed by atoms with Gasteiger partial charge in [0.2, 0.25) is 0 Å². The Bertz CT molecular complexity index is 747. The van der Waals surface area contributed by atoms with Crippen LogP contribution in [-0.2, 0) is 6.42 Å². The van der Waals surface area contributed by atoms with E-state index in [1.807, 2.05) is 44.2 Å². The van der Waals surface area contributed by atoms with Gasteiger partial charge in [-0.25, -0.2) is 9.48 Å². The number of urea groups is 1. The summed E-state index contributed by atoms with van der Waals surface area (Å²) in [7, 11) is 0. The fourth-order valence-corrected chi connectivity index (χ4v) is 2.38. The number of para-hydroxylation sites is 1. The quantitative estimate of drug-likeness (QED) is 0.672. The largest absolute Gasteiger partial charge is 0.382 e. The molecule has 0 saturated carbocycles. The van der Waals surface area contributed by atoms with Crippen molar-refractivity contribution < 1.29 is 4.79 Å². The lowest BCUT2D eigenvalue weighted by atomic mass is 10.1. The van der Waals surface area contributed by atoms with E-state index in [4.69, 9.17) is 5.73 Å². The SMILES string of the molecule is CC[C@@H](C)NC(=O)NCCCc1nn(-c2ccccc2)c(N)c1C#N. The molecule has 2 rings (SSSR count). The number of nitrogen functional groups attached to an aromatic ring is 1. The summed E-state index contributed by atoms with van der Waals surface area (Å²) in [5, 5.41) is 19.5. The second kappa shape index (κ2) is 8.73. The third-order valence-electron chi connectivity index (χ3n) is 3.97. The Balaban J connectivity index is 1.97. The van der Waals surface area contributed by atoms with Crippen molar-refractivity contribution in [3.63, 3.8) is 0 Å². The minimum atomic E-state index is -0.177. The van der Waals surface area contributed by atoms with E-state index >= 15 is 0 Å². The number of rotatable bonds is 7. The van der Waals surface area contributed by atoms with Gasteiger partial charge in [-0.1, -0.05) is 25.1 Å². The number of carbonyl (C=O) groups excluding carboxylic acids is 1. The Morgan fingerprint density at radius 2 is 2.12 bits per heavy atom. The average molecular weight is 340 g/mol. The first kappa shape index (κ1) is 18.3. The Morgan fingerprint density at radius 3 is 2.76 bits per heavy atom. The van der Waals surface area contributed by atoms with Crippen LogP contribution in [-0.4, -0.2) is 28.4 Å². The van der Waals surface area contributed by atoms with E-state index in [0.717, 1.165) is 12.1 Å². The molecule has 25 heavy (non-hydrogen) atoms. The molecule has 0 fully saturated rings. The Labute approximate surface area is 147 Å². The summed E-state index contributed by atoms with van der Waals surface area (Å²) in [4.78, 5) is 11.7. The highest BCUT2D eigenvalue weighted by molar-refractivity contribution is 5.74. The van der Waals surface area contributed by atoms with Gasteiger partial charge in [0.1, 0.15) is 17.5 Å². The van der Waals surface area contributed by atoms with Crippen LogP contribution in [0.1, 0.15) is 37.9 Å². The summed E-state index contributed by atoms with van der Waals surface area (Å²) in [6.45, 7) is 4.48. The van der Waals surface area contributed by atoms with Gasteiger partial charge in [0.15, 0.2) is 0 Å². The molecule has 2 amide bonds. The number of anilines is 1. The molecule has 7 nitrogen and oxygen atoms in total. The molecule has 4 N–H and O–H groups in total. The first-order chi connectivity index (χ1) is 12.1. The molecule has 1 atom stereocenters. The van der Waals surface area contributed by atoms with Gasteiger partial charge >= 0.3 is 6.03 Å². The van der Waals surface area contributed by atoms with Gasteiger partial charge in [-0.05, 0) is 38.3 Å². The van der Waals surface area contributed by atoms with Gasteiger partial charge in [0.05, 0.1) is 11.4 Å². The molecule has 0 unspecified atom stereocenters. The lowest BCUT2D eigenvalue weighted by molar-refractivity contribution is 0.237. The Morgan fingerprint density at radius 1 is 1.40 bits per heavy atom. The monoisotopic (exact) mass is 340 g/mol. The van der Waals surface area contributed by atoms with Crippen LogP contribution in [0.25, 0.3) is 5.69 Å². The van der Waals surface area contributed by atoms with E-state index in [1.165, 1.54) is 0 Å². The topological polar surface area (TPSA) is 109 Å². The third-order valence-corrected chi connectivity index (χ3v) is 3.97. The van der Waals surface area contributed by atoms with Crippen molar-refractivity contribution in [3.05, 3.63) is 41.6 Å². The van der Waals surface area contributed by atoms with Crippen LogP contribution in [0, 0.1) is 11.3 Å². The molecule has 0 aliphatic rings. The van der Waals surface area contributed by atoms with Crippen molar-refractivity contribution in [2.45, 2.75) is 39.2 Å². The van der Waals surface area contributed by atoms with Crippen molar-refractivity contribution in [3.8, 4) is 11.8 Å². The minimum Gasteiger partial charge on any atom is -0.382 e. The summed E-state index contributed by atoms with van der Waals surface area (Å²) in [6.07, 6.45) is 2.12. The van der Waals surface area contributed by atoms with Crippen molar-refractivity contribution in [1.82, 2.24) is 20.4 Å². The van der Waals surface area contributed by atoms with Gasteiger partial charge in [0.25, 0.3) is 0 Å². The molecule has 1 aromatic carbocycles. The van der Waals surface area contributed by atoms with Crippen molar-refractivity contribution in [2.75, 3.05) is 12.3 Å². The third kappa shape index (κ3) is 4.73. The fourth-order valence-electron chi connectivity index (χ4n) is 2.38. The molecular weight excluding hydrogens is 316 g/mol. The molecule has 132 valence electrons. The second-order valence-corrected chi connectivity index (χ2v) is 5.88. The Kier molecular flexibility index (Phi) is 6.40. The van der Waals surface area contributed by atoms with E-state index < -0.39 is 0 Å². The number of aromatic nitrogens is 2. The molecule has 0 aliphatic heterocycles. The maximum atomic E-state index is 11.7. The zero-order valence-corrected chi connectivity index (χ0v) is 14.6. The fraction of sp³-hybridized carbons (Fsp3) is 0.389. The number of nitrogens with zero attached hydrogens (tertiary/aromatic N) is 3. The molecule has 1 aromatic heterocycles. The van der Waals surface area contributed by atoms with E-state index in [2.05, 4.69) is 21.8 Å². The number of nitrogens with two attached hydrogens (primary N) is 1. The predicted octanol–water partition coefficient (Wildman–Crippen LogP) is 2.36. The number of hydrogen-bond acceptors (Lipinski definition) is 4. The van der Waals surface area contributed by atoms with Crippen LogP contribution < -0.4 is 16.4 Å². The number of carbonyl (C=O) groups is 1. The number of benzene rings is 1. The average Bonchev–Trinajstić information content (AvgIpc) is 2.94. The number of aryl methyl sites for hydroxylation is 1. The maximum Gasteiger partial charge on any atom is 0.314 e. The van der Waals surface area contributed by atoms with Crippen LogP contribution in [0.3, 0.4) is 0 Å². The molecule has 0 spiro atoms. The molecule has 1 heterocycles. The van der Waals surface area contributed by atoms with E-state index in [1.54, 1.807) is 4.68 Å². The molecule has 7 heteroatoms. The molecular formula is C18H24N6O. The molecule has 0 aliphatic carbocycles. The highest BCUT2D eigenvalue weighted by Crippen LogP contribution is 2.21. The van der Waals surface area contributed by atoms with Crippen molar-refractivity contribution >= 4 is 11.8 Å². The second-order valence-electron chi connectivity index (χ2n) is 5.88. The van der Waals surface area contributed by atoms with Gasteiger partial charge in [-0.15, -0.1) is 0 Å². The van der Waals surface area contributed by atoms with Gasteiger partial charge in [0, 0.05) is 12.6 Å². The molecule has 0 saturated heterocycles. The van der Waals surface area contributed by atoms with Gasteiger partial charge in [-0.2, -0.15) is 10.4 Å². The lowest BCUT2D eigenvalue weighted by Gasteiger charge is -2.12. The lowest BCUT2D eigenvalue weighted by Crippen LogP contribution is -2.40. The van der Waals surface area contributed by atoms with Gasteiger partial charge in [-0.3, -0.25) is 0 Å². The van der Waals surface area contributed by atoms with Crippen molar-refractivity contribution in [1.29, 1.82) is 5.26 Å². The highest BCUT2D eigenvalue weighted by atomic mass is 16.2. The summed E-state index contributed by atoms with van der Waals surface area (Å²) in [5.74, 6) is 0.339. The molecule has 0 bridgehead atoms. The normalized spacial score (nSPS) is 11.6. The van der Waals surface area contributed by atoms with Crippen LogP contribution in [0.4, 0.5) is 10.6 Å². The highest BCUT2D eigenvalue weighted by Gasteiger charge is 2.16. The number of amides is 2. The minimum absolute atomic E-state index is 0.145. The molecule has 2 aromatic rings. The standard InChI is InChI=1S/C18H24N6O/c1-3-13(2)22-18(25)21-11-7-10-16-15(12-19)17(20)24(23-16)14-8-5-4-6-9-14/h4-6,8-9,13H,3,7,10-11,20H2,1-2H3,(H2,21,22,25)/t13-/m1/s1. The van der Waals surface area contributed by atoms with Crippen LogP contribution >= 0.6 is 0 Å². The maximum absolute atomic E-state index is 11.7. The van der Waals surface area contributed by atoms with E-state index in [-0.39, 0.29) is 12.1 Å². The number of hydrogen-bond donors (Lipinski definition) is 3. The number of nitriles is 1. The van der Waals surface area contributed by atoms with Crippen LogP contribution in [0.5, 0.6) is 0 Å². The summed E-state index contributed by atoms with van der Waals surface area (Å²) in [6, 6.07) is 11.6. The summed E-state index contributed by atoms with van der Waals surface area (Å²) in [5.41, 5.74) is 7.92.